The second-order valence-electron chi connectivity index (χ2n) is 15.6. The molecule has 0 aromatic carbocycles. The summed E-state index contributed by atoms with van der Waals surface area (Å²) in [6.07, 6.45) is -15.0. The first-order valence-electron chi connectivity index (χ1n) is 19.5. The molecule has 9 unspecified atom stereocenters. The molecule has 0 spiro atoms. The summed E-state index contributed by atoms with van der Waals surface area (Å²) >= 11 is 0. The average Bonchev–Trinajstić information content (AvgIpc) is 3.18. The summed E-state index contributed by atoms with van der Waals surface area (Å²) < 4.78 is 47.2. The number of ether oxygens (including phenoxy) is 9. The van der Waals surface area contributed by atoms with E-state index in [1.54, 1.807) is 13.8 Å². The van der Waals surface area contributed by atoms with Gasteiger partial charge in [0.25, 0.3) is 0 Å². The van der Waals surface area contributed by atoms with E-state index in [-0.39, 0.29) is 73.7 Å². The summed E-state index contributed by atoms with van der Waals surface area (Å²) in [4.78, 5) is 10.5. The van der Waals surface area contributed by atoms with Gasteiger partial charge in [0.2, 0.25) is 0 Å². The Balaban J connectivity index is 0.000000848. The maximum absolute atomic E-state index is 10.5. The highest BCUT2D eigenvalue weighted by Crippen LogP contribution is 2.34. The predicted molar refractivity (Wildman–Crippen MR) is 203 cm³/mol. The molecule has 6 rings (SSSR count). The van der Waals surface area contributed by atoms with Crippen molar-refractivity contribution < 1.29 is 125 Å². The Morgan fingerprint density at radius 3 is 1.84 bits per heavy atom. The SMILES string of the molecule is CC(=O)OCC1OCC[C@H](O)[C@@H]1O.CC1O[C@@H](O)C(O)[C@H](O)[C@@H]1O[C@@H]1OC2COC(C)(C)O[C@H]2[C@@H](O)C1O.C[C@@H]1CC(CO)OCC1O.O.O.O.OCC1C[C@@H](O)C(O)CO1. The largest absolute Gasteiger partial charge is 0.463 e. The van der Waals surface area contributed by atoms with Crippen molar-refractivity contribution in [3.05, 3.63) is 0 Å². The van der Waals surface area contributed by atoms with Gasteiger partial charge < -0.3 is 120 Å². The van der Waals surface area contributed by atoms with Crippen LogP contribution in [0.3, 0.4) is 0 Å². The van der Waals surface area contributed by atoms with Crippen LogP contribution in [0.4, 0.5) is 0 Å². The number of fused-ring (bicyclic) bond motifs is 1. The van der Waals surface area contributed by atoms with Gasteiger partial charge in [0, 0.05) is 20.0 Å². The van der Waals surface area contributed by atoms with Gasteiger partial charge in [0.15, 0.2) is 18.4 Å². The van der Waals surface area contributed by atoms with Crippen LogP contribution in [-0.4, -0.2) is 246 Å². The summed E-state index contributed by atoms with van der Waals surface area (Å²) in [5.74, 6) is -1.08. The van der Waals surface area contributed by atoms with Crippen LogP contribution in [0.25, 0.3) is 0 Å². The molecule has 0 aromatic rings. The fourth-order valence-electron chi connectivity index (χ4n) is 6.64. The van der Waals surface area contributed by atoms with Gasteiger partial charge in [-0.25, -0.2) is 0 Å². The average molecular weight is 905 g/mol. The molecular formula is C36H72O25. The first-order chi connectivity index (χ1) is 27.2. The minimum atomic E-state index is -1.57. The lowest BCUT2D eigenvalue weighted by atomic mass is 9.95. The van der Waals surface area contributed by atoms with Gasteiger partial charge in [-0.3, -0.25) is 4.79 Å². The Hall–Kier alpha value is -1.45. The van der Waals surface area contributed by atoms with E-state index < -0.39 is 104 Å². The van der Waals surface area contributed by atoms with Crippen LogP contribution < -0.4 is 0 Å². The molecule has 19 atom stereocenters. The van der Waals surface area contributed by atoms with E-state index in [1.807, 2.05) is 6.92 Å². The monoisotopic (exact) mass is 904 g/mol. The van der Waals surface area contributed by atoms with Crippen molar-refractivity contribution in [2.75, 3.05) is 46.2 Å². The summed E-state index contributed by atoms with van der Waals surface area (Å²) in [7, 11) is 0. The third kappa shape index (κ3) is 17.8. The van der Waals surface area contributed by atoms with Crippen LogP contribution in [0.5, 0.6) is 0 Å². The molecule has 0 amide bonds. The molecule has 0 radical (unpaired) electrons. The molecule has 6 heterocycles. The van der Waals surface area contributed by atoms with Crippen molar-refractivity contribution in [3.8, 4) is 0 Å². The number of hydrogen-bond acceptors (Lipinski definition) is 22. The number of aliphatic hydroxyl groups excluding tert-OH is 12. The predicted octanol–water partition coefficient (Wildman–Crippen LogP) is -7.73. The zero-order valence-corrected chi connectivity index (χ0v) is 35.0. The second-order valence-corrected chi connectivity index (χ2v) is 15.6. The molecule has 6 saturated heterocycles. The first kappa shape index (κ1) is 59.5. The van der Waals surface area contributed by atoms with E-state index in [2.05, 4.69) is 4.74 Å². The van der Waals surface area contributed by atoms with Crippen molar-refractivity contribution in [3.63, 3.8) is 0 Å². The maximum atomic E-state index is 10.5. The van der Waals surface area contributed by atoms with Gasteiger partial charge >= 0.3 is 5.97 Å². The van der Waals surface area contributed by atoms with E-state index in [0.717, 1.165) is 6.42 Å². The molecule has 25 nitrogen and oxygen atoms in total. The van der Waals surface area contributed by atoms with E-state index in [9.17, 15) is 45.6 Å². The Kier molecular flexibility index (Phi) is 27.1. The number of carbonyl (C=O) groups excluding carboxylic acids is 1. The molecule has 0 aliphatic carbocycles. The van der Waals surface area contributed by atoms with Gasteiger partial charge in [-0.2, -0.15) is 0 Å². The fourth-order valence-corrected chi connectivity index (χ4v) is 6.64. The van der Waals surface area contributed by atoms with Crippen molar-refractivity contribution in [2.24, 2.45) is 5.92 Å². The highest BCUT2D eigenvalue weighted by molar-refractivity contribution is 5.65. The van der Waals surface area contributed by atoms with Crippen LogP contribution in [0.2, 0.25) is 0 Å². The molecule has 25 heteroatoms. The highest BCUT2D eigenvalue weighted by Gasteiger charge is 2.53. The van der Waals surface area contributed by atoms with Crippen LogP contribution in [-0.2, 0) is 47.4 Å². The summed E-state index contributed by atoms with van der Waals surface area (Å²) in [5.41, 5.74) is 0. The van der Waals surface area contributed by atoms with Crippen molar-refractivity contribution in [1.82, 2.24) is 0 Å². The lowest BCUT2D eigenvalue weighted by molar-refractivity contribution is -0.396. The van der Waals surface area contributed by atoms with E-state index in [1.165, 1.54) is 13.8 Å². The molecule has 366 valence electrons. The molecule has 6 aliphatic heterocycles. The van der Waals surface area contributed by atoms with Crippen LogP contribution in [0.15, 0.2) is 0 Å². The van der Waals surface area contributed by atoms with Gasteiger partial charge in [0.05, 0.1) is 69.7 Å². The van der Waals surface area contributed by atoms with E-state index >= 15 is 0 Å². The Labute approximate surface area is 353 Å². The van der Waals surface area contributed by atoms with Crippen LogP contribution in [0.1, 0.15) is 53.9 Å². The van der Waals surface area contributed by atoms with Gasteiger partial charge in [-0.15, -0.1) is 0 Å². The summed E-state index contributed by atoms with van der Waals surface area (Å²) in [6, 6.07) is 0. The number of carbonyl (C=O) groups is 1. The molecule has 6 fully saturated rings. The number of esters is 1. The maximum Gasteiger partial charge on any atom is 0.302 e. The Morgan fingerprint density at radius 1 is 0.689 bits per heavy atom. The second kappa shape index (κ2) is 27.8. The molecule has 0 aromatic heterocycles. The first-order valence-corrected chi connectivity index (χ1v) is 19.5. The minimum Gasteiger partial charge on any atom is -0.463 e. The molecule has 0 saturated carbocycles. The number of rotatable bonds is 6. The highest BCUT2D eigenvalue weighted by atomic mass is 16.8. The Morgan fingerprint density at radius 2 is 1.28 bits per heavy atom. The molecule has 18 N–H and O–H groups in total. The molecule has 6 aliphatic rings. The van der Waals surface area contributed by atoms with Gasteiger partial charge in [0.1, 0.15) is 67.6 Å². The summed E-state index contributed by atoms with van der Waals surface area (Å²) in [6.45, 7) is 9.12. The zero-order chi connectivity index (χ0) is 43.5. The lowest BCUT2D eigenvalue weighted by Gasteiger charge is -2.50. The third-order valence-electron chi connectivity index (χ3n) is 10.4. The number of aliphatic hydroxyl groups is 12. The quantitative estimate of drug-likeness (QED) is 0.110. The fraction of sp³-hybridized carbons (Fsp3) is 0.972. The van der Waals surface area contributed by atoms with Crippen molar-refractivity contribution >= 4 is 5.97 Å². The van der Waals surface area contributed by atoms with Crippen molar-refractivity contribution in [2.45, 2.75) is 170 Å². The van der Waals surface area contributed by atoms with Crippen LogP contribution >= 0.6 is 0 Å². The van der Waals surface area contributed by atoms with E-state index in [0.29, 0.717) is 26.1 Å². The lowest BCUT2D eigenvalue weighted by Crippen LogP contribution is -2.66. The Bertz CT molecular complexity index is 1160. The number of hydrogen-bond donors (Lipinski definition) is 12. The summed E-state index contributed by atoms with van der Waals surface area (Å²) in [5, 5.41) is 113. The van der Waals surface area contributed by atoms with Gasteiger partial charge in [-0.1, -0.05) is 6.92 Å². The third-order valence-corrected chi connectivity index (χ3v) is 10.4. The zero-order valence-electron chi connectivity index (χ0n) is 35.0. The minimum absolute atomic E-state index is 0. The standard InChI is InChI=1S/C15H26O10.C8H14O5.C7H14O3.C6H12O4.3H2O/c1-5-11(7(16)9(18)13(20)22-5)24-14-10(19)8(17)12-6(23-14)4-21-15(2,3)25-12;1-5(9)13-4-7-8(11)6(10)2-3-12-7;1-5-2-6(3-8)10-4-7(5)9;7-2-4-1-5(8)6(9)3-10-4;;;/h5-14,16-20H,4H2,1-3H3;6-8,10-11H,2-4H2,1H3;5-9H,2-4H2,1H3;4-9H,1-3H2;3*1H2/t5?,6?,7-,8-,9?,10?,11+,12+,13+,14-;6-,7?,8-;5-,6?,7?;4?,5-,6?;;;/m0011.../s1. The molecular weight excluding hydrogens is 832 g/mol. The van der Waals surface area contributed by atoms with Crippen LogP contribution in [0, 0.1) is 5.92 Å². The van der Waals surface area contributed by atoms with Gasteiger partial charge in [-0.05, 0) is 39.5 Å². The van der Waals surface area contributed by atoms with E-state index in [4.69, 9.17) is 58.3 Å². The van der Waals surface area contributed by atoms with Crippen molar-refractivity contribution in [1.29, 1.82) is 0 Å². The normalized spacial score (nSPS) is 42.8. The topological polar surface area (TPSA) is 437 Å². The smallest absolute Gasteiger partial charge is 0.302 e. The molecule has 61 heavy (non-hydrogen) atoms. The molecule has 0 bridgehead atoms.